The molecule has 2 rings (SSSR count). The quantitative estimate of drug-likeness (QED) is 0.778. The van der Waals surface area contributed by atoms with Crippen molar-refractivity contribution in [3.05, 3.63) is 39.5 Å². The molecule has 1 aromatic carbocycles. The monoisotopic (exact) mass is 296 g/mol. The van der Waals surface area contributed by atoms with E-state index in [4.69, 9.17) is 22.1 Å². The van der Waals surface area contributed by atoms with Crippen molar-refractivity contribution < 1.29 is 4.74 Å². The lowest BCUT2D eigenvalue weighted by atomic mass is 10.2. The number of rotatable bonds is 6. The van der Waals surface area contributed by atoms with Gasteiger partial charge in [-0.3, -0.25) is 0 Å². The van der Waals surface area contributed by atoms with Crippen LogP contribution in [0.15, 0.2) is 30.3 Å². The summed E-state index contributed by atoms with van der Waals surface area (Å²) in [5, 5.41) is 3.31. The Morgan fingerprint density at radius 1 is 1.32 bits per heavy atom. The molecule has 3 N–H and O–H groups in total. The molecule has 0 amide bonds. The van der Waals surface area contributed by atoms with Crippen LogP contribution in [-0.4, -0.2) is 6.61 Å². The molecule has 0 saturated carbocycles. The van der Waals surface area contributed by atoms with E-state index in [1.54, 1.807) is 11.3 Å². The minimum Gasteiger partial charge on any atom is -0.491 e. The maximum atomic E-state index is 6.08. The maximum absolute atomic E-state index is 6.08. The Labute approximate surface area is 122 Å². The first kappa shape index (κ1) is 14.0. The Kier molecular flexibility index (Phi) is 4.93. The second kappa shape index (κ2) is 6.68. The van der Waals surface area contributed by atoms with Crippen molar-refractivity contribution in [2.75, 3.05) is 17.7 Å². The van der Waals surface area contributed by atoms with E-state index < -0.39 is 0 Å². The largest absolute Gasteiger partial charge is 0.491 e. The van der Waals surface area contributed by atoms with E-state index in [2.05, 4.69) is 12.2 Å². The number of nitrogen functional groups attached to an aromatic ring is 1. The zero-order valence-electron chi connectivity index (χ0n) is 10.8. The highest BCUT2D eigenvalue weighted by molar-refractivity contribution is 7.16. The van der Waals surface area contributed by atoms with Crippen LogP contribution in [0, 0.1) is 0 Å². The standard InChI is InChI=1S/C14H17ClN2OS/c1-2-8-18-12-5-3-4-11(14(12)16)17-9-10-6-7-13(15)19-10/h3-7,17H,2,8-9,16H2,1H3. The molecular formula is C14H17ClN2OS. The fraction of sp³-hybridized carbons (Fsp3) is 0.286. The van der Waals surface area contributed by atoms with E-state index in [0.29, 0.717) is 18.8 Å². The smallest absolute Gasteiger partial charge is 0.144 e. The number of thiophene rings is 1. The number of nitrogens with one attached hydrogen (secondary N) is 1. The fourth-order valence-electron chi connectivity index (χ4n) is 1.67. The lowest BCUT2D eigenvalue weighted by Crippen LogP contribution is -2.04. The highest BCUT2D eigenvalue weighted by Gasteiger charge is 2.06. The summed E-state index contributed by atoms with van der Waals surface area (Å²) >= 11 is 7.46. The van der Waals surface area contributed by atoms with Crippen molar-refractivity contribution in [1.82, 2.24) is 0 Å². The Morgan fingerprint density at radius 3 is 2.84 bits per heavy atom. The number of halogens is 1. The van der Waals surface area contributed by atoms with E-state index in [0.717, 1.165) is 22.2 Å². The minimum atomic E-state index is 0.651. The number of ether oxygens (including phenoxy) is 1. The molecule has 0 spiro atoms. The first-order valence-electron chi connectivity index (χ1n) is 6.20. The van der Waals surface area contributed by atoms with Gasteiger partial charge in [-0.1, -0.05) is 24.6 Å². The van der Waals surface area contributed by atoms with Crippen LogP contribution in [0.3, 0.4) is 0 Å². The molecule has 2 aromatic rings. The van der Waals surface area contributed by atoms with E-state index in [1.807, 2.05) is 30.3 Å². The van der Waals surface area contributed by atoms with Gasteiger partial charge in [0.05, 0.1) is 22.3 Å². The molecule has 1 aromatic heterocycles. The van der Waals surface area contributed by atoms with Crippen LogP contribution >= 0.6 is 22.9 Å². The SMILES string of the molecule is CCCOc1cccc(NCc2ccc(Cl)s2)c1N. The van der Waals surface area contributed by atoms with Gasteiger partial charge in [-0.15, -0.1) is 11.3 Å². The van der Waals surface area contributed by atoms with Gasteiger partial charge >= 0.3 is 0 Å². The fourth-order valence-corrected chi connectivity index (χ4v) is 2.69. The molecule has 0 atom stereocenters. The number of para-hydroxylation sites is 1. The average Bonchev–Trinajstić information content (AvgIpc) is 2.82. The first-order chi connectivity index (χ1) is 9.20. The molecule has 0 fully saturated rings. The van der Waals surface area contributed by atoms with Crippen molar-refractivity contribution in [3.63, 3.8) is 0 Å². The van der Waals surface area contributed by atoms with Gasteiger partial charge in [-0.25, -0.2) is 0 Å². The lowest BCUT2D eigenvalue weighted by Gasteiger charge is -2.13. The van der Waals surface area contributed by atoms with Gasteiger partial charge in [0.25, 0.3) is 0 Å². The molecule has 0 unspecified atom stereocenters. The lowest BCUT2D eigenvalue weighted by molar-refractivity contribution is 0.319. The van der Waals surface area contributed by atoms with Gasteiger partial charge in [0, 0.05) is 11.4 Å². The van der Waals surface area contributed by atoms with Crippen molar-refractivity contribution in [3.8, 4) is 5.75 Å². The third-order valence-electron chi connectivity index (χ3n) is 2.61. The normalized spacial score (nSPS) is 10.4. The molecule has 0 aliphatic carbocycles. The van der Waals surface area contributed by atoms with Crippen molar-refractivity contribution in [2.24, 2.45) is 0 Å². The molecule has 19 heavy (non-hydrogen) atoms. The molecular weight excluding hydrogens is 280 g/mol. The molecule has 1 heterocycles. The summed E-state index contributed by atoms with van der Waals surface area (Å²) < 4.78 is 6.40. The molecule has 0 saturated heterocycles. The molecule has 5 heteroatoms. The Balaban J connectivity index is 2.03. The summed E-state index contributed by atoms with van der Waals surface area (Å²) in [6, 6.07) is 9.67. The molecule has 3 nitrogen and oxygen atoms in total. The van der Waals surface area contributed by atoms with E-state index in [-0.39, 0.29) is 0 Å². The minimum absolute atomic E-state index is 0.651. The Morgan fingerprint density at radius 2 is 2.16 bits per heavy atom. The summed E-state index contributed by atoms with van der Waals surface area (Å²) in [5.74, 6) is 0.732. The van der Waals surface area contributed by atoms with E-state index in [9.17, 15) is 0 Å². The van der Waals surface area contributed by atoms with E-state index in [1.165, 1.54) is 4.88 Å². The number of hydrogen-bond acceptors (Lipinski definition) is 4. The summed E-state index contributed by atoms with van der Waals surface area (Å²) in [7, 11) is 0. The number of hydrogen-bond donors (Lipinski definition) is 2. The summed E-state index contributed by atoms with van der Waals surface area (Å²) in [4.78, 5) is 1.17. The van der Waals surface area contributed by atoms with Gasteiger partial charge in [0.1, 0.15) is 5.75 Å². The predicted molar refractivity (Wildman–Crippen MR) is 83.3 cm³/mol. The molecule has 0 bridgehead atoms. The van der Waals surface area contributed by atoms with Crippen LogP contribution in [0.5, 0.6) is 5.75 Å². The topological polar surface area (TPSA) is 47.3 Å². The average molecular weight is 297 g/mol. The van der Waals surface area contributed by atoms with Gasteiger partial charge in [-0.2, -0.15) is 0 Å². The highest BCUT2D eigenvalue weighted by Crippen LogP contribution is 2.30. The number of nitrogens with two attached hydrogens (primary N) is 1. The number of benzene rings is 1. The molecule has 0 radical (unpaired) electrons. The van der Waals surface area contributed by atoms with Crippen molar-refractivity contribution in [1.29, 1.82) is 0 Å². The van der Waals surface area contributed by atoms with Gasteiger partial charge in [0.2, 0.25) is 0 Å². The molecule has 0 aliphatic rings. The van der Waals surface area contributed by atoms with Gasteiger partial charge in [-0.05, 0) is 30.7 Å². The highest BCUT2D eigenvalue weighted by atomic mass is 35.5. The van der Waals surface area contributed by atoms with Gasteiger partial charge < -0.3 is 15.8 Å². The third-order valence-corrected chi connectivity index (χ3v) is 3.84. The maximum Gasteiger partial charge on any atom is 0.144 e. The Hall–Kier alpha value is -1.39. The van der Waals surface area contributed by atoms with Crippen LogP contribution in [0.1, 0.15) is 18.2 Å². The second-order valence-electron chi connectivity index (χ2n) is 4.13. The van der Waals surface area contributed by atoms with Crippen LogP contribution in [0.2, 0.25) is 4.34 Å². The summed E-state index contributed by atoms with van der Waals surface area (Å²) in [5.41, 5.74) is 7.62. The third kappa shape index (κ3) is 3.78. The zero-order chi connectivity index (χ0) is 13.7. The van der Waals surface area contributed by atoms with Crippen LogP contribution in [-0.2, 0) is 6.54 Å². The van der Waals surface area contributed by atoms with Crippen molar-refractivity contribution >= 4 is 34.3 Å². The zero-order valence-corrected chi connectivity index (χ0v) is 12.4. The second-order valence-corrected chi connectivity index (χ2v) is 5.92. The van der Waals surface area contributed by atoms with E-state index >= 15 is 0 Å². The predicted octanol–water partition coefficient (Wildman–Crippen LogP) is 4.38. The Bertz CT molecular complexity index is 542. The van der Waals surface area contributed by atoms with Crippen LogP contribution in [0.25, 0.3) is 0 Å². The van der Waals surface area contributed by atoms with Crippen molar-refractivity contribution in [2.45, 2.75) is 19.9 Å². The molecule has 102 valence electrons. The van der Waals surface area contributed by atoms with Crippen LogP contribution in [0.4, 0.5) is 11.4 Å². The molecule has 0 aliphatic heterocycles. The summed E-state index contributed by atoms with van der Waals surface area (Å²) in [6.07, 6.45) is 0.963. The van der Waals surface area contributed by atoms with Crippen LogP contribution < -0.4 is 15.8 Å². The van der Waals surface area contributed by atoms with Gasteiger partial charge in [0.15, 0.2) is 0 Å². The summed E-state index contributed by atoms with van der Waals surface area (Å²) in [6.45, 7) is 3.45. The number of anilines is 2. The first-order valence-corrected chi connectivity index (χ1v) is 7.39.